The number of carbonyl (C=O) groups excluding carboxylic acids is 1. The van der Waals surface area contributed by atoms with Crippen molar-refractivity contribution in [3.05, 3.63) is 35.1 Å². The number of aryl methyl sites for hydroxylation is 1. The number of hydrogen-bond acceptors (Lipinski definition) is 4. The van der Waals surface area contributed by atoms with Crippen LogP contribution in [0.4, 0.5) is 4.39 Å². The summed E-state index contributed by atoms with van der Waals surface area (Å²) in [6.45, 7) is 11.6. The molecule has 1 aromatic rings. The fourth-order valence-electron chi connectivity index (χ4n) is 5.14. The van der Waals surface area contributed by atoms with Crippen LogP contribution in [0.5, 0.6) is 0 Å². The minimum Gasteiger partial charge on any atom is -0.460 e. The molecule has 2 atom stereocenters. The number of nitrogens with zero attached hydrogens (tertiary/aromatic N) is 1. The molecule has 1 N–H and O–H groups in total. The highest BCUT2D eigenvalue weighted by molar-refractivity contribution is 5.80. The van der Waals surface area contributed by atoms with Crippen molar-refractivity contribution in [1.29, 1.82) is 0 Å². The van der Waals surface area contributed by atoms with Crippen molar-refractivity contribution in [3.63, 3.8) is 0 Å². The van der Waals surface area contributed by atoms with Crippen LogP contribution in [0.25, 0.3) is 0 Å². The van der Waals surface area contributed by atoms with Crippen molar-refractivity contribution in [3.8, 4) is 0 Å². The minimum atomic E-state index is -0.796. The third kappa shape index (κ3) is 5.67. The van der Waals surface area contributed by atoms with Gasteiger partial charge < -0.3 is 14.7 Å². The molecular formula is C26H40FNO3. The number of halogens is 1. The lowest BCUT2D eigenvalue weighted by Crippen LogP contribution is -2.45. The lowest BCUT2D eigenvalue weighted by Gasteiger charge is -2.44. The molecule has 2 unspecified atom stereocenters. The zero-order valence-electron chi connectivity index (χ0n) is 20.1. The lowest BCUT2D eigenvalue weighted by molar-refractivity contribution is -0.162. The molecule has 0 aromatic heterocycles. The smallest absolute Gasteiger partial charge is 0.312 e. The normalized spacial score (nSPS) is 24.9. The van der Waals surface area contributed by atoms with E-state index in [4.69, 9.17) is 4.74 Å². The molecule has 0 bridgehead atoms. The molecule has 2 aliphatic rings. The number of esters is 1. The first-order valence-corrected chi connectivity index (χ1v) is 11.8. The number of carbonyl (C=O) groups is 1. The van der Waals surface area contributed by atoms with Crippen molar-refractivity contribution < 1.29 is 19.0 Å². The summed E-state index contributed by atoms with van der Waals surface area (Å²) < 4.78 is 19.3. The van der Waals surface area contributed by atoms with Gasteiger partial charge in [0, 0.05) is 12.5 Å². The predicted molar refractivity (Wildman–Crippen MR) is 121 cm³/mol. The molecular weight excluding hydrogens is 393 g/mol. The fourth-order valence-corrected chi connectivity index (χ4v) is 5.14. The summed E-state index contributed by atoms with van der Waals surface area (Å²) in [7, 11) is 2.06. The largest absolute Gasteiger partial charge is 0.460 e. The summed E-state index contributed by atoms with van der Waals surface area (Å²) in [5, 5.41) is 11.6. The molecule has 31 heavy (non-hydrogen) atoms. The second-order valence-electron chi connectivity index (χ2n) is 11.3. The lowest BCUT2D eigenvalue weighted by atomic mass is 9.66. The molecule has 5 heteroatoms. The van der Waals surface area contributed by atoms with Crippen LogP contribution in [0.2, 0.25) is 0 Å². The van der Waals surface area contributed by atoms with Crippen LogP contribution in [-0.2, 0) is 16.0 Å². The van der Waals surface area contributed by atoms with Gasteiger partial charge in [-0.2, -0.15) is 0 Å². The van der Waals surface area contributed by atoms with Gasteiger partial charge in [-0.1, -0.05) is 19.9 Å². The third-order valence-electron chi connectivity index (χ3n) is 7.10. The highest BCUT2D eigenvalue weighted by Gasteiger charge is 2.52. The summed E-state index contributed by atoms with van der Waals surface area (Å²) in [5.74, 6) is -0.00283. The Hall–Kier alpha value is -1.46. The zero-order valence-corrected chi connectivity index (χ0v) is 20.1. The van der Waals surface area contributed by atoms with E-state index in [1.54, 1.807) is 6.07 Å². The predicted octanol–water partition coefficient (Wildman–Crippen LogP) is 5.08. The fraction of sp³-hybridized carbons (Fsp3) is 0.731. The van der Waals surface area contributed by atoms with Crippen LogP contribution in [-0.4, -0.2) is 47.3 Å². The average Bonchev–Trinajstić information content (AvgIpc) is 3.45. The van der Waals surface area contributed by atoms with Gasteiger partial charge in [0.2, 0.25) is 0 Å². The van der Waals surface area contributed by atoms with Gasteiger partial charge in [-0.15, -0.1) is 0 Å². The Morgan fingerprint density at radius 2 is 1.87 bits per heavy atom. The molecule has 0 saturated heterocycles. The summed E-state index contributed by atoms with van der Waals surface area (Å²) in [4.78, 5) is 14.8. The molecule has 0 heterocycles. The van der Waals surface area contributed by atoms with Gasteiger partial charge in [0.05, 0.1) is 11.0 Å². The van der Waals surface area contributed by atoms with Gasteiger partial charge in [0.15, 0.2) is 0 Å². The first-order valence-electron chi connectivity index (χ1n) is 11.8. The molecule has 0 aliphatic heterocycles. The summed E-state index contributed by atoms with van der Waals surface area (Å²) in [6, 6.07) is 5.00. The van der Waals surface area contributed by atoms with E-state index in [-0.39, 0.29) is 29.0 Å². The zero-order chi connectivity index (χ0) is 23.0. The van der Waals surface area contributed by atoms with E-state index in [0.717, 1.165) is 43.5 Å². The highest BCUT2D eigenvalue weighted by Crippen LogP contribution is 2.51. The molecule has 0 spiro atoms. The van der Waals surface area contributed by atoms with Crippen LogP contribution in [0, 0.1) is 17.2 Å². The van der Waals surface area contributed by atoms with Gasteiger partial charge in [0.1, 0.15) is 11.4 Å². The van der Waals surface area contributed by atoms with Crippen molar-refractivity contribution in [1.82, 2.24) is 4.90 Å². The highest BCUT2D eigenvalue weighted by atomic mass is 19.1. The van der Waals surface area contributed by atoms with Crippen LogP contribution in [0.15, 0.2) is 18.2 Å². The number of fused-ring (bicyclic) bond motifs is 1. The van der Waals surface area contributed by atoms with Crippen LogP contribution in [0.1, 0.15) is 83.8 Å². The number of benzene rings is 1. The van der Waals surface area contributed by atoms with Crippen molar-refractivity contribution in [2.24, 2.45) is 11.3 Å². The van der Waals surface area contributed by atoms with Crippen LogP contribution in [0.3, 0.4) is 0 Å². The summed E-state index contributed by atoms with van der Waals surface area (Å²) in [5.41, 5.74) is 0.565. The second kappa shape index (κ2) is 8.82. The number of aliphatic hydroxyl groups is 1. The topological polar surface area (TPSA) is 49.8 Å². The van der Waals surface area contributed by atoms with Gasteiger partial charge in [0.25, 0.3) is 0 Å². The standard InChI is InChI=1S/C26H40FNO3/c1-18(2)22-21-8-7-20(27)17-19(21)9-10-26(22,30)14-16-28(6)15-13-25(11-12-25)23(29)31-24(3,4)5/h7-8,17-18,22,30H,9-16H2,1-6H3. The molecule has 0 radical (unpaired) electrons. The maximum absolute atomic E-state index is 13.7. The Bertz CT molecular complexity index is 796. The maximum atomic E-state index is 13.7. The van der Waals surface area contributed by atoms with E-state index in [2.05, 4.69) is 25.8 Å². The summed E-state index contributed by atoms with van der Waals surface area (Å²) >= 11 is 0. The molecule has 2 aliphatic carbocycles. The molecule has 0 amide bonds. The minimum absolute atomic E-state index is 0.00166. The number of hydrogen-bond donors (Lipinski definition) is 1. The Morgan fingerprint density at radius 3 is 2.45 bits per heavy atom. The number of ether oxygens (including phenoxy) is 1. The van der Waals surface area contributed by atoms with Gasteiger partial charge >= 0.3 is 5.97 Å². The van der Waals surface area contributed by atoms with E-state index in [1.165, 1.54) is 6.07 Å². The van der Waals surface area contributed by atoms with Crippen LogP contribution < -0.4 is 0 Å². The Kier molecular flexibility index (Phi) is 6.88. The first-order chi connectivity index (χ1) is 14.4. The van der Waals surface area contributed by atoms with Crippen molar-refractivity contribution >= 4 is 5.97 Å². The van der Waals surface area contributed by atoms with E-state index >= 15 is 0 Å². The average molecular weight is 434 g/mol. The van der Waals surface area contributed by atoms with E-state index in [9.17, 15) is 14.3 Å². The molecule has 1 aromatic carbocycles. The maximum Gasteiger partial charge on any atom is 0.312 e. The Morgan fingerprint density at radius 1 is 1.23 bits per heavy atom. The molecule has 1 saturated carbocycles. The van der Waals surface area contributed by atoms with Crippen LogP contribution >= 0.6 is 0 Å². The van der Waals surface area contributed by atoms with Gasteiger partial charge in [-0.05, 0) is 102 Å². The molecule has 3 rings (SSSR count). The monoisotopic (exact) mass is 433 g/mol. The van der Waals surface area contributed by atoms with Gasteiger partial charge in [-0.25, -0.2) is 4.39 Å². The summed E-state index contributed by atoms with van der Waals surface area (Å²) in [6.07, 6.45) is 4.64. The van der Waals surface area contributed by atoms with Crippen molar-refractivity contribution in [2.75, 3.05) is 20.1 Å². The first kappa shape index (κ1) is 24.2. The van der Waals surface area contributed by atoms with E-state index in [0.29, 0.717) is 19.3 Å². The Labute approximate surface area is 187 Å². The molecule has 4 nitrogen and oxygen atoms in total. The molecule has 1 fully saturated rings. The molecule has 174 valence electrons. The quantitative estimate of drug-likeness (QED) is 0.581. The number of rotatable bonds is 8. The Balaban J connectivity index is 1.58. The SMILES string of the molecule is CC(C)C1c2ccc(F)cc2CCC1(O)CCN(C)CCC1(C(=O)OC(C)(C)C)CC1. The van der Waals surface area contributed by atoms with Crippen molar-refractivity contribution in [2.45, 2.75) is 90.3 Å². The second-order valence-corrected chi connectivity index (χ2v) is 11.3. The van der Waals surface area contributed by atoms with E-state index < -0.39 is 11.2 Å². The third-order valence-corrected chi connectivity index (χ3v) is 7.10. The van der Waals surface area contributed by atoms with E-state index in [1.807, 2.05) is 26.8 Å². The van der Waals surface area contributed by atoms with Gasteiger partial charge in [-0.3, -0.25) is 4.79 Å².